The predicted octanol–water partition coefficient (Wildman–Crippen LogP) is 0.976. The molecule has 0 radical (unpaired) electrons. The molecule has 4 rings (SSSR count). The van der Waals surface area contributed by atoms with Crippen molar-refractivity contribution in [3.05, 3.63) is 10.1 Å². The Bertz CT molecular complexity index is 831. The summed E-state index contributed by atoms with van der Waals surface area (Å²) in [6.45, 7) is 3.20. The van der Waals surface area contributed by atoms with Crippen LogP contribution < -0.4 is 15.1 Å². The number of nitrogens with one attached hydrogen (secondary N) is 1. The molecule has 1 amide bonds. The summed E-state index contributed by atoms with van der Waals surface area (Å²) in [5.74, 6) is 1.94. The standard InChI is InChI=1S/C19H29N7O4S/c27-14-23-6-8-25(9-7-23)19-21-17(20-15-4-2-1-3-5-15)16(26(28)29)18(22-19)24-10-12-31(30)13-11-24/h14-15H,1-13H2,(H,20,21,22). The average Bonchev–Trinajstić information content (AvgIpc) is 2.79. The number of carbonyl (C=O) groups excluding carboxylic acids is 1. The molecule has 3 aliphatic rings. The lowest BCUT2D eigenvalue weighted by molar-refractivity contribution is -0.383. The topological polar surface area (TPSA) is 125 Å². The van der Waals surface area contributed by atoms with Crippen LogP contribution in [0.25, 0.3) is 0 Å². The molecule has 12 heteroatoms. The van der Waals surface area contributed by atoms with E-state index in [-0.39, 0.29) is 17.5 Å². The second kappa shape index (κ2) is 9.75. The highest BCUT2D eigenvalue weighted by molar-refractivity contribution is 7.85. The maximum Gasteiger partial charge on any atom is 0.353 e. The van der Waals surface area contributed by atoms with Gasteiger partial charge in [-0.3, -0.25) is 19.1 Å². The summed E-state index contributed by atoms with van der Waals surface area (Å²) in [5.41, 5.74) is -0.103. The Labute approximate surface area is 183 Å². The van der Waals surface area contributed by atoms with Gasteiger partial charge >= 0.3 is 5.69 Å². The van der Waals surface area contributed by atoms with E-state index in [0.717, 1.165) is 32.1 Å². The molecule has 0 aromatic carbocycles. The van der Waals surface area contributed by atoms with Gasteiger partial charge in [0.1, 0.15) is 0 Å². The molecule has 1 N–H and O–H groups in total. The molecule has 2 aliphatic heterocycles. The minimum atomic E-state index is -0.897. The zero-order valence-corrected chi connectivity index (χ0v) is 18.4. The second-order valence-electron chi connectivity index (χ2n) is 8.24. The van der Waals surface area contributed by atoms with Gasteiger partial charge in [-0.25, -0.2) is 0 Å². The van der Waals surface area contributed by atoms with Gasteiger partial charge in [0, 0.05) is 67.6 Å². The Hall–Kier alpha value is -2.50. The first kappa shape index (κ1) is 21.7. The van der Waals surface area contributed by atoms with E-state index in [0.29, 0.717) is 62.5 Å². The van der Waals surface area contributed by atoms with E-state index in [4.69, 9.17) is 0 Å². The third-order valence-corrected chi connectivity index (χ3v) is 7.48. The number of nitrogens with zero attached hydrogens (tertiary/aromatic N) is 6. The van der Waals surface area contributed by atoms with Gasteiger partial charge in [0.15, 0.2) is 0 Å². The maximum absolute atomic E-state index is 12.1. The van der Waals surface area contributed by atoms with Crippen molar-refractivity contribution >= 4 is 40.5 Å². The molecular weight excluding hydrogens is 422 g/mol. The van der Waals surface area contributed by atoms with Crippen molar-refractivity contribution in [1.29, 1.82) is 0 Å². The quantitative estimate of drug-likeness (QED) is 0.383. The minimum absolute atomic E-state index is 0.103. The van der Waals surface area contributed by atoms with Gasteiger partial charge in [0.25, 0.3) is 0 Å². The highest BCUT2D eigenvalue weighted by atomic mass is 32.2. The number of aromatic nitrogens is 2. The number of hydrogen-bond donors (Lipinski definition) is 1. The van der Waals surface area contributed by atoms with Crippen LogP contribution in [0.15, 0.2) is 0 Å². The molecule has 0 bridgehead atoms. The number of hydrogen-bond acceptors (Lipinski definition) is 9. The van der Waals surface area contributed by atoms with Crippen LogP contribution in [-0.4, -0.2) is 87.2 Å². The van der Waals surface area contributed by atoms with E-state index < -0.39 is 15.7 Å². The summed E-state index contributed by atoms with van der Waals surface area (Å²) < 4.78 is 11.8. The second-order valence-corrected chi connectivity index (χ2v) is 9.94. The van der Waals surface area contributed by atoms with Gasteiger partial charge in [-0.1, -0.05) is 19.3 Å². The van der Waals surface area contributed by atoms with E-state index in [1.165, 1.54) is 6.42 Å². The lowest BCUT2D eigenvalue weighted by Crippen LogP contribution is -2.46. The lowest BCUT2D eigenvalue weighted by Gasteiger charge is -2.34. The van der Waals surface area contributed by atoms with Crippen molar-refractivity contribution in [2.24, 2.45) is 0 Å². The van der Waals surface area contributed by atoms with Crippen LogP contribution in [0.5, 0.6) is 0 Å². The van der Waals surface area contributed by atoms with Crippen LogP contribution in [-0.2, 0) is 15.6 Å². The zero-order chi connectivity index (χ0) is 21.8. The summed E-state index contributed by atoms with van der Waals surface area (Å²) >= 11 is 0. The fraction of sp³-hybridized carbons (Fsp3) is 0.737. The SMILES string of the molecule is O=CN1CCN(c2nc(NC3CCCCC3)c([N+](=O)[O-])c(N3CCS(=O)CC3)n2)CC1. The van der Waals surface area contributed by atoms with Gasteiger partial charge in [-0.05, 0) is 12.8 Å². The zero-order valence-electron chi connectivity index (χ0n) is 17.6. The largest absolute Gasteiger partial charge is 0.361 e. The Balaban J connectivity index is 1.69. The molecule has 1 saturated carbocycles. The normalized spacial score (nSPS) is 21.2. The van der Waals surface area contributed by atoms with Crippen molar-refractivity contribution in [3.63, 3.8) is 0 Å². The molecule has 1 aromatic rings. The van der Waals surface area contributed by atoms with Crippen LogP contribution in [0.3, 0.4) is 0 Å². The van der Waals surface area contributed by atoms with E-state index >= 15 is 0 Å². The first-order valence-electron chi connectivity index (χ1n) is 10.9. The predicted molar refractivity (Wildman–Crippen MR) is 119 cm³/mol. The molecule has 2 saturated heterocycles. The van der Waals surface area contributed by atoms with Crippen molar-refractivity contribution in [3.8, 4) is 0 Å². The minimum Gasteiger partial charge on any atom is -0.361 e. The maximum atomic E-state index is 12.1. The summed E-state index contributed by atoms with van der Waals surface area (Å²) in [4.78, 5) is 37.5. The van der Waals surface area contributed by atoms with Crippen LogP contribution in [0.1, 0.15) is 32.1 Å². The number of rotatable bonds is 6. The van der Waals surface area contributed by atoms with E-state index in [1.807, 2.05) is 9.80 Å². The van der Waals surface area contributed by atoms with E-state index in [1.54, 1.807) is 4.90 Å². The first-order chi connectivity index (χ1) is 15.0. The Morgan fingerprint density at radius 3 is 2.29 bits per heavy atom. The molecule has 0 spiro atoms. The Morgan fingerprint density at radius 2 is 1.68 bits per heavy atom. The molecule has 31 heavy (non-hydrogen) atoms. The number of carbonyl (C=O) groups is 1. The monoisotopic (exact) mass is 451 g/mol. The number of anilines is 3. The Morgan fingerprint density at radius 1 is 1.00 bits per heavy atom. The number of piperazine rings is 1. The van der Waals surface area contributed by atoms with Gasteiger partial charge in [-0.2, -0.15) is 9.97 Å². The van der Waals surface area contributed by atoms with Crippen LogP contribution in [0.2, 0.25) is 0 Å². The summed E-state index contributed by atoms with van der Waals surface area (Å²) in [5, 5.41) is 15.4. The third-order valence-electron chi connectivity index (χ3n) is 6.21. The van der Waals surface area contributed by atoms with Crippen LogP contribution in [0, 0.1) is 10.1 Å². The summed E-state index contributed by atoms with van der Waals surface area (Å²) in [6, 6.07) is 0.156. The molecule has 0 atom stereocenters. The fourth-order valence-electron chi connectivity index (χ4n) is 4.38. The smallest absolute Gasteiger partial charge is 0.353 e. The number of nitro groups is 1. The fourth-order valence-corrected chi connectivity index (χ4v) is 5.43. The van der Waals surface area contributed by atoms with E-state index in [9.17, 15) is 19.1 Å². The van der Waals surface area contributed by atoms with Gasteiger partial charge in [-0.15, -0.1) is 0 Å². The highest BCUT2D eigenvalue weighted by Gasteiger charge is 2.33. The molecule has 0 unspecified atom stereocenters. The molecule has 1 aliphatic carbocycles. The van der Waals surface area contributed by atoms with Crippen molar-refractivity contribution in [2.75, 3.05) is 65.9 Å². The van der Waals surface area contributed by atoms with Gasteiger partial charge in [0.05, 0.1) is 4.92 Å². The van der Waals surface area contributed by atoms with Crippen molar-refractivity contribution in [1.82, 2.24) is 14.9 Å². The first-order valence-corrected chi connectivity index (χ1v) is 12.4. The molecular formula is C19H29N7O4S. The molecule has 170 valence electrons. The average molecular weight is 452 g/mol. The third kappa shape index (κ3) is 5.05. The lowest BCUT2D eigenvalue weighted by atomic mass is 9.95. The number of amides is 1. The van der Waals surface area contributed by atoms with Gasteiger partial charge in [0.2, 0.25) is 24.0 Å². The van der Waals surface area contributed by atoms with Crippen molar-refractivity contribution in [2.45, 2.75) is 38.1 Å². The summed E-state index contributed by atoms with van der Waals surface area (Å²) in [7, 11) is -0.897. The molecule has 11 nitrogen and oxygen atoms in total. The van der Waals surface area contributed by atoms with E-state index in [2.05, 4.69) is 15.3 Å². The van der Waals surface area contributed by atoms with Gasteiger partial charge < -0.3 is 20.0 Å². The van der Waals surface area contributed by atoms with Crippen LogP contribution >= 0.6 is 0 Å². The molecule has 3 fully saturated rings. The highest BCUT2D eigenvalue weighted by Crippen LogP contribution is 2.37. The summed E-state index contributed by atoms with van der Waals surface area (Å²) in [6.07, 6.45) is 6.15. The van der Waals surface area contributed by atoms with Crippen LogP contribution in [0.4, 0.5) is 23.3 Å². The molecule has 3 heterocycles. The molecule has 1 aromatic heterocycles. The van der Waals surface area contributed by atoms with Crippen molar-refractivity contribution < 1.29 is 13.9 Å². The Kier molecular flexibility index (Phi) is 6.83.